The second-order valence-electron chi connectivity index (χ2n) is 6.10. The molecule has 2 atom stereocenters. The van der Waals surface area contributed by atoms with E-state index in [-0.39, 0.29) is 5.92 Å². The molecule has 0 saturated heterocycles. The van der Waals surface area contributed by atoms with Crippen LogP contribution < -0.4 is 0 Å². The van der Waals surface area contributed by atoms with Gasteiger partial charge in [0.15, 0.2) is 0 Å². The minimum absolute atomic E-state index is 0.121. The largest absolute Gasteiger partial charge is 0.504 e. The first-order chi connectivity index (χ1) is 10.2. The van der Waals surface area contributed by atoms with Gasteiger partial charge >= 0.3 is 0 Å². The van der Waals surface area contributed by atoms with Gasteiger partial charge in [-0.25, -0.2) is 0 Å². The van der Waals surface area contributed by atoms with Gasteiger partial charge < -0.3 is 4.74 Å². The maximum absolute atomic E-state index is 12.0. The maximum Gasteiger partial charge on any atom is 0.133 e. The monoisotopic (exact) mass is 286 g/mol. The van der Waals surface area contributed by atoms with Crippen molar-refractivity contribution >= 4 is 5.78 Å². The Labute approximate surface area is 128 Å². The fourth-order valence-electron chi connectivity index (χ4n) is 3.32. The number of benzene rings is 1. The molecular weight excluding hydrogens is 260 g/mol. The van der Waals surface area contributed by atoms with Gasteiger partial charge in [-0.15, -0.1) is 0 Å². The van der Waals surface area contributed by atoms with Crippen LogP contribution in [-0.4, -0.2) is 12.9 Å². The standard InChI is InChI=1S/C19H26O2/c1-15(20)19(12-16-8-4-3-5-9-16)13-17-10-6-7-11-18(17)14-21-2/h3-5,8-9,14,17,19H,6-7,10-13H2,1-2H3/b18-14-/t17-,19+/m1/s1. The Balaban J connectivity index is 2.05. The summed E-state index contributed by atoms with van der Waals surface area (Å²) in [7, 11) is 1.71. The van der Waals surface area contributed by atoms with E-state index in [9.17, 15) is 4.79 Å². The first kappa shape index (κ1) is 15.8. The molecule has 0 amide bonds. The number of ether oxygens (including phenoxy) is 1. The minimum atomic E-state index is 0.121. The van der Waals surface area contributed by atoms with Crippen LogP contribution in [0, 0.1) is 11.8 Å². The van der Waals surface area contributed by atoms with E-state index in [1.165, 1.54) is 30.4 Å². The van der Waals surface area contributed by atoms with Crippen molar-refractivity contribution in [3.05, 3.63) is 47.7 Å². The van der Waals surface area contributed by atoms with Gasteiger partial charge in [-0.3, -0.25) is 4.79 Å². The van der Waals surface area contributed by atoms with Crippen molar-refractivity contribution in [2.45, 2.75) is 45.4 Å². The predicted octanol–water partition coefficient (Wildman–Crippen LogP) is 4.54. The molecule has 0 spiro atoms. The molecule has 1 fully saturated rings. The van der Waals surface area contributed by atoms with Crippen LogP contribution in [0.1, 0.15) is 44.6 Å². The summed E-state index contributed by atoms with van der Waals surface area (Å²) in [6.45, 7) is 1.73. The molecule has 0 unspecified atom stereocenters. The van der Waals surface area contributed by atoms with E-state index >= 15 is 0 Å². The van der Waals surface area contributed by atoms with Crippen molar-refractivity contribution in [3.63, 3.8) is 0 Å². The molecule has 0 heterocycles. The third-order valence-corrected chi connectivity index (χ3v) is 4.53. The summed E-state index contributed by atoms with van der Waals surface area (Å²) >= 11 is 0. The average Bonchev–Trinajstić information content (AvgIpc) is 2.49. The second kappa shape index (κ2) is 8.02. The summed E-state index contributed by atoms with van der Waals surface area (Å²) in [5, 5.41) is 0. The molecule has 2 nitrogen and oxygen atoms in total. The molecule has 1 saturated carbocycles. The predicted molar refractivity (Wildman–Crippen MR) is 86.0 cm³/mol. The highest BCUT2D eigenvalue weighted by atomic mass is 16.5. The zero-order chi connectivity index (χ0) is 15.1. The molecule has 2 heteroatoms. The first-order valence-corrected chi connectivity index (χ1v) is 7.96. The molecule has 0 aromatic heterocycles. The summed E-state index contributed by atoms with van der Waals surface area (Å²) in [6.07, 6.45) is 8.54. The number of allylic oxidation sites excluding steroid dienone is 1. The van der Waals surface area contributed by atoms with Crippen molar-refractivity contribution in [2.24, 2.45) is 11.8 Å². The molecule has 2 rings (SSSR count). The van der Waals surface area contributed by atoms with Crippen LogP contribution in [0.5, 0.6) is 0 Å². The lowest BCUT2D eigenvalue weighted by molar-refractivity contribution is -0.121. The van der Waals surface area contributed by atoms with Gasteiger partial charge in [-0.05, 0) is 56.1 Å². The molecule has 1 aliphatic carbocycles. The summed E-state index contributed by atoms with van der Waals surface area (Å²) < 4.78 is 5.22. The summed E-state index contributed by atoms with van der Waals surface area (Å²) in [5.74, 6) is 0.938. The van der Waals surface area contributed by atoms with Crippen LogP contribution in [0.2, 0.25) is 0 Å². The lowest BCUT2D eigenvalue weighted by Crippen LogP contribution is -2.21. The lowest BCUT2D eigenvalue weighted by atomic mass is 9.77. The number of methoxy groups -OCH3 is 1. The average molecular weight is 286 g/mol. The summed E-state index contributed by atoms with van der Waals surface area (Å²) in [4.78, 5) is 12.0. The van der Waals surface area contributed by atoms with Crippen LogP contribution in [0.15, 0.2) is 42.2 Å². The highest BCUT2D eigenvalue weighted by Gasteiger charge is 2.25. The molecule has 0 bridgehead atoms. The highest BCUT2D eigenvalue weighted by Crippen LogP contribution is 2.35. The Hall–Kier alpha value is -1.57. The second-order valence-corrected chi connectivity index (χ2v) is 6.10. The van der Waals surface area contributed by atoms with Gasteiger partial charge in [0.1, 0.15) is 5.78 Å². The zero-order valence-electron chi connectivity index (χ0n) is 13.2. The van der Waals surface area contributed by atoms with E-state index < -0.39 is 0 Å². The Bertz CT molecular complexity index is 476. The number of ketones is 1. The number of hydrogen-bond acceptors (Lipinski definition) is 2. The van der Waals surface area contributed by atoms with E-state index in [1.807, 2.05) is 24.5 Å². The van der Waals surface area contributed by atoms with Gasteiger partial charge in [0, 0.05) is 5.92 Å². The molecular formula is C19H26O2. The van der Waals surface area contributed by atoms with E-state index in [0.29, 0.717) is 11.7 Å². The Kier molecular flexibility index (Phi) is 6.04. The molecule has 0 radical (unpaired) electrons. The van der Waals surface area contributed by atoms with Crippen LogP contribution >= 0.6 is 0 Å². The Morgan fingerprint density at radius 3 is 2.76 bits per heavy atom. The molecule has 0 N–H and O–H groups in total. The topological polar surface area (TPSA) is 26.3 Å². The maximum atomic E-state index is 12.0. The van der Waals surface area contributed by atoms with Gasteiger partial charge in [-0.1, -0.05) is 36.8 Å². The lowest BCUT2D eigenvalue weighted by Gasteiger charge is -2.28. The molecule has 21 heavy (non-hydrogen) atoms. The Morgan fingerprint density at radius 2 is 2.10 bits per heavy atom. The van der Waals surface area contributed by atoms with Crippen molar-refractivity contribution < 1.29 is 9.53 Å². The van der Waals surface area contributed by atoms with Gasteiger partial charge in [0.05, 0.1) is 13.4 Å². The zero-order valence-corrected chi connectivity index (χ0v) is 13.2. The summed E-state index contributed by atoms with van der Waals surface area (Å²) in [6, 6.07) is 10.3. The number of rotatable bonds is 6. The molecule has 1 aromatic rings. The van der Waals surface area contributed by atoms with Crippen LogP contribution in [0.3, 0.4) is 0 Å². The fourth-order valence-corrected chi connectivity index (χ4v) is 3.32. The van der Waals surface area contributed by atoms with Gasteiger partial charge in [-0.2, -0.15) is 0 Å². The Morgan fingerprint density at radius 1 is 1.33 bits per heavy atom. The number of Topliss-reactive ketones (excluding diaryl/α,β-unsaturated/α-hetero) is 1. The van der Waals surface area contributed by atoms with E-state index in [2.05, 4.69) is 12.1 Å². The van der Waals surface area contributed by atoms with Crippen LogP contribution in [-0.2, 0) is 16.0 Å². The van der Waals surface area contributed by atoms with Crippen LogP contribution in [0.4, 0.5) is 0 Å². The van der Waals surface area contributed by atoms with Gasteiger partial charge in [0.2, 0.25) is 0 Å². The van der Waals surface area contributed by atoms with Crippen molar-refractivity contribution in [3.8, 4) is 0 Å². The van der Waals surface area contributed by atoms with Crippen molar-refractivity contribution in [1.29, 1.82) is 0 Å². The minimum Gasteiger partial charge on any atom is -0.504 e. The number of carbonyl (C=O) groups is 1. The first-order valence-electron chi connectivity index (χ1n) is 7.96. The van der Waals surface area contributed by atoms with E-state index in [1.54, 1.807) is 14.0 Å². The third-order valence-electron chi connectivity index (χ3n) is 4.53. The number of hydrogen-bond donors (Lipinski definition) is 0. The van der Waals surface area contributed by atoms with Crippen molar-refractivity contribution in [2.75, 3.05) is 7.11 Å². The quantitative estimate of drug-likeness (QED) is 0.717. The van der Waals surface area contributed by atoms with E-state index in [0.717, 1.165) is 19.3 Å². The molecule has 1 aliphatic rings. The number of carbonyl (C=O) groups excluding carboxylic acids is 1. The molecule has 1 aromatic carbocycles. The van der Waals surface area contributed by atoms with Crippen molar-refractivity contribution in [1.82, 2.24) is 0 Å². The third kappa shape index (κ3) is 4.73. The molecule has 114 valence electrons. The van der Waals surface area contributed by atoms with Crippen LogP contribution in [0.25, 0.3) is 0 Å². The smallest absolute Gasteiger partial charge is 0.133 e. The summed E-state index contributed by atoms with van der Waals surface area (Å²) in [5.41, 5.74) is 2.65. The fraction of sp³-hybridized carbons (Fsp3) is 0.526. The van der Waals surface area contributed by atoms with Gasteiger partial charge in [0.25, 0.3) is 0 Å². The normalized spacial score (nSPS) is 22.0. The van der Waals surface area contributed by atoms with E-state index in [4.69, 9.17) is 4.74 Å². The highest BCUT2D eigenvalue weighted by molar-refractivity contribution is 5.78. The SMILES string of the molecule is CO/C=C1/CCCC[C@@H]1C[C@H](Cc1ccccc1)C(C)=O. The molecule has 0 aliphatic heterocycles.